The molecule has 1 unspecified atom stereocenters. The number of anilines is 5. The third kappa shape index (κ3) is 7.68. The summed E-state index contributed by atoms with van der Waals surface area (Å²) in [6.07, 6.45) is 2.74. The maximum absolute atomic E-state index is 11.1. The van der Waals surface area contributed by atoms with E-state index in [1.54, 1.807) is 0 Å². The van der Waals surface area contributed by atoms with E-state index in [0.29, 0.717) is 11.8 Å². The predicted molar refractivity (Wildman–Crippen MR) is 168 cm³/mol. The molecule has 2 aromatic carbocycles. The lowest BCUT2D eigenvalue weighted by atomic mass is 10.1. The topological polar surface area (TPSA) is 137 Å². The van der Waals surface area contributed by atoms with Gasteiger partial charge in [-0.1, -0.05) is 43.9 Å². The van der Waals surface area contributed by atoms with Crippen molar-refractivity contribution in [2.24, 2.45) is 0 Å². The van der Waals surface area contributed by atoms with Gasteiger partial charge in [-0.25, -0.2) is 9.71 Å². The smallest absolute Gasteiger partial charge is 0.229 e. The van der Waals surface area contributed by atoms with Gasteiger partial charge >= 0.3 is 0 Å². The van der Waals surface area contributed by atoms with Crippen LogP contribution in [0, 0.1) is 0 Å². The van der Waals surface area contributed by atoms with Crippen LogP contribution in [0.3, 0.4) is 0 Å². The van der Waals surface area contributed by atoms with Crippen molar-refractivity contribution in [1.29, 1.82) is 0 Å². The van der Waals surface area contributed by atoms with E-state index in [9.17, 15) is 8.76 Å². The Kier molecular flexibility index (Phi) is 8.99. The Morgan fingerprint density at radius 2 is 1.83 bits per heavy atom. The second-order valence-electron chi connectivity index (χ2n) is 11.7. The highest BCUT2D eigenvalue weighted by Crippen LogP contribution is 2.30. The van der Waals surface area contributed by atoms with Crippen LogP contribution in [0.1, 0.15) is 11.1 Å². The number of piperazine rings is 1. The summed E-state index contributed by atoms with van der Waals surface area (Å²) < 4.78 is 24.7. The summed E-state index contributed by atoms with van der Waals surface area (Å²) in [5, 5.41) is 15.7. The SMILES string of the molecule is CN1CCN(c2n[nH]c3cc(Nc4ncc(CC[Si](C)(C)C)c(Nc5ccccc5CNS(=O)[O-])n4)ccc23)CC1. The van der Waals surface area contributed by atoms with Gasteiger partial charge in [-0.2, -0.15) is 10.1 Å². The lowest BCUT2D eigenvalue weighted by Gasteiger charge is -2.32. The molecule has 1 fully saturated rings. The summed E-state index contributed by atoms with van der Waals surface area (Å²) in [6, 6.07) is 14.8. The molecule has 0 radical (unpaired) electrons. The summed E-state index contributed by atoms with van der Waals surface area (Å²) in [5.41, 5.74) is 4.44. The highest BCUT2D eigenvalue weighted by Gasteiger charge is 2.20. The Morgan fingerprint density at radius 1 is 1.05 bits per heavy atom. The first kappa shape index (κ1) is 29.1. The molecule has 218 valence electrons. The number of aromatic amines is 1. The first-order chi connectivity index (χ1) is 19.6. The maximum Gasteiger partial charge on any atom is 0.229 e. The van der Waals surface area contributed by atoms with E-state index in [4.69, 9.17) is 4.98 Å². The van der Waals surface area contributed by atoms with E-state index in [1.807, 2.05) is 42.6 Å². The van der Waals surface area contributed by atoms with E-state index < -0.39 is 19.3 Å². The van der Waals surface area contributed by atoms with E-state index in [1.165, 1.54) is 0 Å². The molecule has 4 aromatic rings. The molecule has 0 aliphatic carbocycles. The largest absolute Gasteiger partial charge is 0.760 e. The van der Waals surface area contributed by atoms with E-state index in [2.05, 4.69) is 73.1 Å². The van der Waals surface area contributed by atoms with E-state index in [0.717, 1.165) is 77.9 Å². The number of nitrogens with one attached hydrogen (secondary N) is 4. The Morgan fingerprint density at radius 3 is 2.59 bits per heavy atom. The fraction of sp³-hybridized carbons (Fsp3) is 0.393. The lowest BCUT2D eigenvalue weighted by molar-refractivity contribution is 0.312. The zero-order valence-corrected chi connectivity index (χ0v) is 25.8. The summed E-state index contributed by atoms with van der Waals surface area (Å²) in [4.78, 5) is 14.2. The molecule has 3 heterocycles. The van der Waals surface area contributed by atoms with Crippen LogP contribution in [0.4, 0.5) is 29.0 Å². The standard InChI is InChI=1S/C28H39N9O2SSi/c1-36-12-14-37(15-13-36)27-23-10-9-22(17-25(23)34-35-27)31-28-29-18-21(11-16-41(2,3)4)26(33-28)32-24-8-6-5-7-20(24)19-30-40(38)39/h5-10,17-18,30H,11-16,19H2,1-4H3,(H,34,35)(H,38,39)(H2,29,31,32,33)/p-1. The number of nitrogens with zero attached hydrogens (tertiary/aromatic N) is 5. The molecule has 11 nitrogen and oxygen atoms in total. The number of hydrogen-bond donors (Lipinski definition) is 4. The summed E-state index contributed by atoms with van der Waals surface area (Å²) in [5.74, 6) is 2.17. The molecule has 0 spiro atoms. The number of fused-ring (bicyclic) bond motifs is 1. The van der Waals surface area contributed by atoms with Crippen molar-refractivity contribution >= 4 is 59.2 Å². The quantitative estimate of drug-likeness (QED) is 0.148. The van der Waals surface area contributed by atoms with Gasteiger partial charge in [-0.15, -0.1) is 0 Å². The average molecular weight is 593 g/mol. The highest BCUT2D eigenvalue weighted by atomic mass is 32.2. The molecular weight excluding hydrogens is 555 g/mol. The normalized spacial score (nSPS) is 15.3. The molecule has 4 N–H and O–H groups in total. The Hall–Kier alpha value is -3.36. The number of aromatic nitrogens is 4. The molecule has 0 amide bonds. The molecule has 1 atom stereocenters. The third-order valence-corrected chi connectivity index (χ3v) is 9.39. The molecule has 1 saturated heterocycles. The van der Waals surface area contributed by atoms with Crippen molar-refractivity contribution in [2.45, 2.75) is 38.7 Å². The monoisotopic (exact) mass is 592 g/mol. The second-order valence-corrected chi connectivity index (χ2v) is 18.1. The summed E-state index contributed by atoms with van der Waals surface area (Å²) >= 11 is -2.35. The molecule has 0 bridgehead atoms. The van der Waals surface area contributed by atoms with E-state index >= 15 is 0 Å². The number of benzene rings is 2. The van der Waals surface area contributed by atoms with Crippen LogP contribution in [-0.4, -0.2) is 75.1 Å². The Balaban J connectivity index is 1.39. The van der Waals surface area contributed by atoms with Crippen molar-refractivity contribution in [3.8, 4) is 0 Å². The average Bonchev–Trinajstić information content (AvgIpc) is 3.35. The molecule has 13 heteroatoms. The van der Waals surface area contributed by atoms with Crippen LogP contribution in [0.5, 0.6) is 0 Å². The van der Waals surface area contributed by atoms with Gasteiger partial charge in [-0.05, 0) is 43.3 Å². The maximum atomic E-state index is 11.1. The minimum Gasteiger partial charge on any atom is -0.760 e. The molecule has 5 rings (SSSR count). The molecular formula is C28H38N9O2SSi-. The van der Waals surface area contributed by atoms with Crippen molar-refractivity contribution in [3.63, 3.8) is 0 Å². The molecule has 1 aliphatic heterocycles. The van der Waals surface area contributed by atoms with Crippen LogP contribution in [-0.2, 0) is 24.2 Å². The highest BCUT2D eigenvalue weighted by molar-refractivity contribution is 7.77. The van der Waals surface area contributed by atoms with Crippen molar-refractivity contribution < 1.29 is 8.76 Å². The van der Waals surface area contributed by atoms with Gasteiger partial charge in [0.1, 0.15) is 5.82 Å². The predicted octanol–water partition coefficient (Wildman–Crippen LogP) is 4.36. The molecule has 1 aliphatic rings. The Bertz CT molecular complexity index is 1520. The lowest BCUT2D eigenvalue weighted by Crippen LogP contribution is -2.44. The van der Waals surface area contributed by atoms with Gasteiger partial charge in [0, 0.05) is 80.6 Å². The minimum atomic E-state index is -2.35. The Labute approximate surface area is 244 Å². The zero-order chi connectivity index (χ0) is 29.0. The summed E-state index contributed by atoms with van der Waals surface area (Å²) in [7, 11) is 0.848. The van der Waals surface area contributed by atoms with Crippen LogP contribution >= 0.6 is 0 Å². The van der Waals surface area contributed by atoms with Crippen LogP contribution in [0.2, 0.25) is 25.7 Å². The van der Waals surface area contributed by atoms with Crippen molar-refractivity contribution in [2.75, 3.05) is 48.8 Å². The van der Waals surface area contributed by atoms with Crippen LogP contribution in [0.25, 0.3) is 10.9 Å². The molecule has 0 saturated carbocycles. The number of H-pyrrole nitrogens is 1. The van der Waals surface area contributed by atoms with Gasteiger partial charge in [-0.3, -0.25) is 9.31 Å². The number of rotatable bonds is 11. The number of para-hydroxylation sites is 1. The zero-order valence-electron chi connectivity index (χ0n) is 24.0. The van der Waals surface area contributed by atoms with Crippen molar-refractivity contribution in [3.05, 3.63) is 59.8 Å². The van der Waals surface area contributed by atoms with Gasteiger partial charge in [0.05, 0.1) is 5.52 Å². The minimum absolute atomic E-state index is 0.181. The molecule has 2 aromatic heterocycles. The third-order valence-electron chi connectivity index (χ3n) is 7.26. The van der Waals surface area contributed by atoms with E-state index in [-0.39, 0.29) is 6.54 Å². The van der Waals surface area contributed by atoms with Gasteiger partial charge in [0.15, 0.2) is 5.82 Å². The number of likely N-dealkylation sites (N-methyl/N-ethyl adjacent to an activating group) is 1. The fourth-order valence-corrected chi connectivity index (χ4v) is 6.09. The first-order valence-electron chi connectivity index (χ1n) is 13.9. The second kappa shape index (κ2) is 12.7. The molecule has 41 heavy (non-hydrogen) atoms. The fourth-order valence-electron chi connectivity index (χ4n) is 4.80. The first-order valence-corrected chi connectivity index (χ1v) is 18.6. The number of aryl methyl sites for hydroxylation is 1. The summed E-state index contributed by atoms with van der Waals surface area (Å²) in [6.45, 7) is 11.2. The van der Waals surface area contributed by atoms with Crippen molar-refractivity contribution in [1.82, 2.24) is 29.8 Å². The van der Waals surface area contributed by atoms with Crippen LogP contribution in [0.15, 0.2) is 48.7 Å². The van der Waals surface area contributed by atoms with Gasteiger partial charge < -0.3 is 25.0 Å². The number of hydrogen-bond acceptors (Lipinski definition) is 9. The van der Waals surface area contributed by atoms with Gasteiger partial charge in [0.2, 0.25) is 5.95 Å². The van der Waals surface area contributed by atoms with Crippen LogP contribution < -0.4 is 20.3 Å². The van der Waals surface area contributed by atoms with Gasteiger partial charge in [0.25, 0.3) is 0 Å².